The maximum absolute atomic E-state index is 12.8. The average Bonchev–Trinajstić information content (AvgIpc) is 2.68. The molecule has 0 aromatic heterocycles. The molecule has 2 rings (SSSR count). The Morgan fingerprint density at radius 3 is 2.55 bits per heavy atom. The van der Waals surface area contributed by atoms with Crippen molar-refractivity contribution in [2.24, 2.45) is 0 Å². The van der Waals surface area contributed by atoms with Gasteiger partial charge in [0.15, 0.2) is 0 Å². The van der Waals surface area contributed by atoms with Crippen molar-refractivity contribution in [2.45, 2.75) is 18.6 Å². The van der Waals surface area contributed by atoms with E-state index in [0.717, 1.165) is 12.1 Å². The Kier molecular flexibility index (Phi) is 2.34. The maximum Gasteiger partial charge on any atom is 0.416 e. The van der Waals surface area contributed by atoms with Crippen LogP contribution in [0.25, 0.3) is 0 Å². The lowest BCUT2D eigenvalue weighted by Crippen LogP contribution is -2.16. The van der Waals surface area contributed by atoms with Crippen LogP contribution in [0.3, 0.4) is 0 Å². The van der Waals surface area contributed by atoms with Crippen LogP contribution in [0.1, 0.15) is 38.7 Å². The minimum atomic E-state index is -4.69. The van der Waals surface area contributed by atoms with E-state index in [1.165, 1.54) is 0 Å². The van der Waals surface area contributed by atoms with Gasteiger partial charge in [-0.25, -0.2) is 0 Å². The number of hydrogen-bond donors (Lipinski definition) is 1. The predicted molar refractivity (Wildman–Crippen MR) is 79.8 cm³/mol. The molecule has 5 heteroatoms. The Labute approximate surface area is 143 Å². The molecule has 1 N–H and O–H groups in total. The highest BCUT2D eigenvalue weighted by molar-refractivity contribution is 5.30. The van der Waals surface area contributed by atoms with Gasteiger partial charge in [-0.3, -0.25) is 0 Å². The van der Waals surface area contributed by atoms with Gasteiger partial charge in [-0.05, 0) is 43.3 Å². The molecule has 118 valence electrons. The summed E-state index contributed by atoms with van der Waals surface area (Å²) in [6, 6.07) is -1.88. The van der Waals surface area contributed by atoms with Gasteiger partial charge in [0.05, 0.1) is 13.8 Å². The number of hydrogen-bond acceptors (Lipinski definition) is 2. The number of benzene rings is 2. The van der Waals surface area contributed by atoms with Crippen molar-refractivity contribution >= 4 is 0 Å². The molecule has 0 aliphatic heterocycles. The second kappa shape index (κ2) is 7.31. The molecule has 0 amide bonds. The third-order valence-electron chi connectivity index (χ3n) is 2.47. The standard InChI is InChI=1S/C17H18F3NO/c1-21-12-11-16(13-5-3-2-4-6-13)22-15-9-7-14(8-10-15)17(18,19)20/h2-10,16,21H,11-12H2,1H3/i1D3,2D,3D,4D,5D,6D,11D2,16D. The molecule has 0 heterocycles. The van der Waals surface area contributed by atoms with E-state index >= 15 is 0 Å². The molecule has 0 bridgehead atoms. The van der Waals surface area contributed by atoms with Crippen LogP contribution in [0, 0.1) is 0 Å². The summed E-state index contributed by atoms with van der Waals surface area (Å²) >= 11 is 0. The Morgan fingerprint density at radius 1 is 1.27 bits per heavy atom. The van der Waals surface area contributed by atoms with Gasteiger partial charge in [-0.2, -0.15) is 13.2 Å². The fourth-order valence-electron chi connectivity index (χ4n) is 1.49. The first-order valence-corrected chi connectivity index (χ1v) is 6.00. The number of halogens is 3. The van der Waals surface area contributed by atoms with Crippen molar-refractivity contribution in [2.75, 3.05) is 13.5 Å². The average molecular weight is 320 g/mol. The molecule has 0 saturated heterocycles. The van der Waals surface area contributed by atoms with Gasteiger partial charge in [0, 0.05) is 13.2 Å². The molecule has 2 nitrogen and oxygen atoms in total. The summed E-state index contributed by atoms with van der Waals surface area (Å²) in [5, 5.41) is 1.85. The summed E-state index contributed by atoms with van der Waals surface area (Å²) < 4.78 is 130. The third-order valence-corrected chi connectivity index (χ3v) is 2.47. The molecule has 2 aromatic rings. The first kappa shape index (κ1) is 7.04. The molecular weight excluding hydrogens is 291 g/mol. The molecule has 0 aliphatic carbocycles. The van der Waals surface area contributed by atoms with Crippen LogP contribution >= 0.6 is 0 Å². The summed E-state index contributed by atoms with van der Waals surface area (Å²) in [4.78, 5) is 0. The van der Waals surface area contributed by atoms with Crippen LogP contribution in [0.2, 0.25) is 0 Å². The van der Waals surface area contributed by atoms with E-state index in [4.69, 9.17) is 19.8 Å². The smallest absolute Gasteiger partial charge is 0.416 e. The van der Waals surface area contributed by atoms with Crippen LogP contribution in [-0.4, -0.2) is 13.5 Å². The largest absolute Gasteiger partial charge is 0.486 e. The monoisotopic (exact) mass is 320 g/mol. The summed E-state index contributed by atoms with van der Waals surface area (Å²) in [5.74, 6) is -0.484. The van der Waals surface area contributed by atoms with Crippen molar-refractivity contribution in [3.8, 4) is 5.75 Å². The van der Waals surface area contributed by atoms with Crippen molar-refractivity contribution in [1.29, 1.82) is 0 Å². The minimum Gasteiger partial charge on any atom is -0.486 e. The summed E-state index contributed by atoms with van der Waals surface area (Å²) in [7, 11) is 0. The molecule has 2 aromatic carbocycles. The predicted octanol–water partition coefficient (Wildman–Crippen LogP) is 4.44. The third kappa shape index (κ3) is 4.49. The van der Waals surface area contributed by atoms with Gasteiger partial charge < -0.3 is 10.1 Å². The van der Waals surface area contributed by atoms with Crippen LogP contribution in [0.4, 0.5) is 13.2 Å². The lowest BCUT2D eigenvalue weighted by molar-refractivity contribution is -0.137. The van der Waals surface area contributed by atoms with Crippen molar-refractivity contribution < 1.29 is 33.0 Å². The number of ether oxygens (including phenoxy) is 1. The van der Waals surface area contributed by atoms with Crippen LogP contribution in [0.15, 0.2) is 54.5 Å². The van der Waals surface area contributed by atoms with Gasteiger partial charge in [-0.15, -0.1) is 0 Å². The normalized spacial score (nSPS) is 22.8. The first-order chi connectivity index (χ1) is 14.8. The van der Waals surface area contributed by atoms with E-state index in [9.17, 15) is 13.2 Å². The summed E-state index contributed by atoms with van der Waals surface area (Å²) in [6.07, 6.45) is -10.9. The Balaban J connectivity index is 2.71. The van der Waals surface area contributed by atoms with E-state index in [1.807, 2.05) is 5.32 Å². The molecule has 0 radical (unpaired) electrons. The highest BCUT2D eigenvalue weighted by Crippen LogP contribution is 2.31. The molecule has 1 unspecified atom stereocenters. The lowest BCUT2D eigenvalue weighted by atomic mass is 10.1. The Bertz CT molecular complexity index is 996. The molecule has 0 fully saturated rings. The van der Waals surface area contributed by atoms with Crippen molar-refractivity contribution in [3.63, 3.8) is 0 Å². The SMILES string of the molecule is [2H]c1c([2H])c([2H])c(C([2H])(Oc2ccc(C(F)(F)F)cc2)C([2H])([2H])CNC([2H])([2H])[2H])c([2H])c1[2H]. The Hall–Kier alpha value is -2.01. The van der Waals surface area contributed by atoms with Gasteiger partial charge in [-0.1, -0.05) is 30.2 Å². The second-order valence-corrected chi connectivity index (χ2v) is 3.98. The van der Waals surface area contributed by atoms with Crippen molar-refractivity contribution in [1.82, 2.24) is 5.32 Å². The fourth-order valence-corrected chi connectivity index (χ4v) is 1.49. The van der Waals surface area contributed by atoms with Crippen LogP contribution < -0.4 is 10.1 Å². The van der Waals surface area contributed by atoms with E-state index in [1.54, 1.807) is 0 Å². The minimum absolute atomic E-state index is 0.484. The van der Waals surface area contributed by atoms with Crippen LogP contribution in [0.5, 0.6) is 5.75 Å². The Morgan fingerprint density at radius 2 is 1.95 bits per heavy atom. The lowest BCUT2D eigenvalue weighted by Gasteiger charge is -2.20. The number of nitrogens with one attached hydrogen (secondary N) is 1. The first-order valence-electron chi connectivity index (χ1n) is 11.5. The molecule has 0 saturated carbocycles. The van der Waals surface area contributed by atoms with Gasteiger partial charge in [0.25, 0.3) is 0 Å². The second-order valence-electron chi connectivity index (χ2n) is 3.98. The van der Waals surface area contributed by atoms with E-state index < -0.39 is 79.2 Å². The van der Waals surface area contributed by atoms with Crippen molar-refractivity contribution in [3.05, 3.63) is 65.6 Å². The molecule has 22 heavy (non-hydrogen) atoms. The topological polar surface area (TPSA) is 21.3 Å². The summed E-state index contributed by atoms with van der Waals surface area (Å²) in [5.41, 5.74) is -2.02. The van der Waals surface area contributed by atoms with E-state index in [-0.39, 0.29) is 0 Å². The van der Waals surface area contributed by atoms with Crippen LogP contribution in [-0.2, 0) is 6.18 Å². The zero-order chi connectivity index (χ0) is 25.6. The van der Waals surface area contributed by atoms with Gasteiger partial charge >= 0.3 is 6.18 Å². The zero-order valence-corrected chi connectivity index (χ0v) is 11.1. The van der Waals surface area contributed by atoms with Gasteiger partial charge in [0.2, 0.25) is 0 Å². The molecule has 0 spiro atoms. The maximum atomic E-state index is 12.8. The highest BCUT2D eigenvalue weighted by atomic mass is 19.4. The fraction of sp³-hybridized carbons (Fsp3) is 0.294. The zero-order valence-electron chi connectivity index (χ0n) is 22.1. The molecule has 1 atom stereocenters. The molecule has 0 aliphatic rings. The number of rotatable bonds is 6. The quantitative estimate of drug-likeness (QED) is 0.850. The highest BCUT2D eigenvalue weighted by Gasteiger charge is 2.30. The molecular formula is C17H18F3NO. The van der Waals surface area contributed by atoms with E-state index in [2.05, 4.69) is 0 Å². The number of alkyl halides is 3. The van der Waals surface area contributed by atoms with E-state index in [0.29, 0.717) is 12.1 Å². The van der Waals surface area contributed by atoms with Gasteiger partial charge in [0.1, 0.15) is 11.8 Å². The summed E-state index contributed by atoms with van der Waals surface area (Å²) in [6.45, 7) is -3.95.